The van der Waals surface area contributed by atoms with Crippen LogP contribution in [-0.4, -0.2) is 0 Å². The maximum absolute atomic E-state index is 2.50. The third-order valence-corrected chi connectivity index (χ3v) is 11.9. The van der Waals surface area contributed by atoms with E-state index >= 15 is 0 Å². The Morgan fingerprint density at radius 3 is 1.22 bits per heavy atom. The van der Waals surface area contributed by atoms with Gasteiger partial charge in [-0.1, -0.05) is 202 Å². The van der Waals surface area contributed by atoms with E-state index in [2.05, 4.69) is 243 Å². The molecular formula is C57H43N. The highest BCUT2D eigenvalue weighted by Crippen LogP contribution is 2.56. The van der Waals surface area contributed by atoms with Crippen molar-refractivity contribution in [1.29, 1.82) is 0 Å². The molecule has 58 heavy (non-hydrogen) atoms. The van der Waals surface area contributed by atoms with E-state index in [-0.39, 0.29) is 5.41 Å². The summed E-state index contributed by atoms with van der Waals surface area (Å²) in [5, 5.41) is 0. The fourth-order valence-corrected chi connectivity index (χ4v) is 8.96. The zero-order valence-corrected chi connectivity index (χ0v) is 32.8. The summed E-state index contributed by atoms with van der Waals surface area (Å²) < 4.78 is 0. The molecule has 1 aliphatic carbocycles. The van der Waals surface area contributed by atoms with Gasteiger partial charge in [0, 0.05) is 22.4 Å². The molecule has 0 saturated heterocycles. The van der Waals surface area contributed by atoms with E-state index in [1.807, 2.05) is 0 Å². The average Bonchev–Trinajstić information content (AvgIpc) is 3.53. The molecule has 0 heterocycles. The van der Waals surface area contributed by atoms with Crippen molar-refractivity contribution >= 4 is 17.1 Å². The van der Waals surface area contributed by atoms with Crippen LogP contribution in [-0.2, 0) is 5.41 Å². The van der Waals surface area contributed by atoms with Crippen LogP contribution in [0.4, 0.5) is 17.1 Å². The van der Waals surface area contributed by atoms with Gasteiger partial charge in [0.25, 0.3) is 0 Å². The summed E-state index contributed by atoms with van der Waals surface area (Å²) in [4.78, 5) is 2.47. The lowest BCUT2D eigenvalue weighted by Crippen LogP contribution is -2.17. The van der Waals surface area contributed by atoms with Crippen LogP contribution in [0.3, 0.4) is 0 Å². The van der Waals surface area contributed by atoms with Crippen molar-refractivity contribution < 1.29 is 0 Å². The standard InChI is InChI=1S/C57H43N/c1-57(2)53-29-17-28-49(45-24-13-6-14-25-45)56(53)52-38-51(50-27-16-15-26-48(50)44-22-11-5-12-23-44)55(39-54(52)57)58(46-34-30-42(31-35-46)40-18-7-3-8-19-40)47-36-32-43(33-37-47)41-20-9-4-10-21-41/h3-39H,1-2H3. The van der Waals surface area contributed by atoms with Gasteiger partial charge in [-0.3, -0.25) is 0 Å². The highest BCUT2D eigenvalue weighted by atomic mass is 15.1. The molecule has 0 unspecified atom stereocenters. The Bertz CT molecular complexity index is 2770. The molecule has 0 atom stereocenters. The van der Waals surface area contributed by atoms with E-state index in [9.17, 15) is 0 Å². The Morgan fingerprint density at radius 1 is 0.293 bits per heavy atom. The maximum Gasteiger partial charge on any atom is 0.0543 e. The van der Waals surface area contributed by atoms with Crippen LogP contribution in [0.1, 0.15) is 25.0 Å². The molecule has 0 fully saturated rings. The highest BCUT2D eigenvalue weighted by Gasteiger charge is 2.39. The molecule has 1 nitrogen and oxygen atoms in total. The molecule has 1 heteroatoms. The first kappa shape index (κ1) is 35.2. The molecule has 0 aromatic heterocycles. The number of hydrogen-bond acceptors (Lipinski definition) is 1. The van der Waals surface area contributed by atoms with Crippen molar-refractivity contribution in [3.63, 3.8) is 0 Å². The zero-order chi connectivity index (χ0) is 39.1. The molecule has 0 amide bonds. The molecule has 10 rings (SSSR count). The van der Waals surface area contributed by atoms with E-state index in [1.54, 1.807) is 0 Å². The second-order valence-corrected chi connectivity index (χ2v) is 15.7. The second-order valence-electron chi connectivity index (χ2n) is 15.7. The largest absolute Gasteiger partial charge is 0.310 e. The summed E-state index contributed by atoms with van der Waals surface area (Å²) in [7, 11) is 0. The SMILES string of the molecule is CC1(C)c2cc(N(c3ccc(-c4ccccc4)cc3)c3ccc(-c4ccccc4)cc3)c(-c3ccccc3-c3ccccc3)cc2-c2c(-c3ccccc3)cccc21. The molecule has 0 saturated carbocycles. The quantitative estimate of drug-likeness (QED) is 0.150. The minimum absolute atomic E-state index is 0.234. The summed E-state index contributed by atoms with van der Waals surface area (Å²) in [6.45, 7) is 4.78. The minimum atomic E-state index is -0.234. The highest BCUT2D eigenvalue weighted by molar-refractivity contribution is 6.01. The van der Waals surface area contributed by atoms with Gasteiger partial charge in [-0.2, -0.15) is 0 Å². The van der Waals surface area contributed by atoms with Gasteiger partial charge in [-0.05, 0) is 109 Å². The van der Waals surface area contributed by atoms with Gasteiger partial charge in [0.2, 0.25) is 0 Å². The van der Waals surface area contributed by atoms with Crippen LogP contribution in [0.25, 0.3) is 66.8 Å². The third kappa shape index (κ3) is 6.22. The van der Waals surface area contributed by atoms with Gasteiger partial charge in [-0.15, -0.1) is 0 Å². The van der Waals surface area contributed by atoms with Gasteiger partial charge >= 0.3 is 0 Å². The molecule has 1 aliphatic rings. The Morgan fingerprint density at radius 2 is 0.707 bits per heavy atom. The monoisotopic (exact) mass is 741 g/mol. The van der Waals surface area contributed by atoms with Crippen LogP contribution < -0.4 is 4.90 Å². The Hall–Kier alpha value is -7.22. The summed E-state index contributed by atoms with van der Waals surface area (Å²) in [5.74, 6) is 0. The van der Waals surface area contributed by atoms with Gasteiger partial charge in [-0.25, -0.2) is 0 Å². The van der Waals surface area contributed by atoms with Crippen LogP contribution in [0.2, 0.25) is 0 Å². The fourth-order valence-electron chi connectivity index (χ4n) is 8.96. The van der Waals surface area contributed by atoms with Crippen molar-refractivity contribution in [2.75, 3.05) is 4.90 Å². The van der Waals surface area contributed by atoms with Gasteiger partial charge < -0.3 is 4.90 Å². The molecule has 0 spiro atoms. The lowest BCUT2D eigenvalue weighted by Gasteiger charge is -2.31. The molecule has 9 aromatic carbocycles. The van der Waals surface area contributed by atoms with E-state index in [0.29, 0.717) is 0 Å². The normalized spacial score (nSPS) is 12.4. The predicted octanol–water partition coefficient (Wildman–Crippen LogP) is 15.8. The first-order valence-corrected chi connectivity index (χ1v) is 20.2. The lowest BCUT2D eigenvalue weighted by molar-refractivity contribution is 0.660. The summed E-state index contributed by atoms with van der Waals surface area (Å²) >= 11 is 0. The van der Waals surface area contributed by atoms with Crippen LogP contribution in [0.15, 0.2) is 224 Å². The van der Waals surface area contributed by atoms with Gasteiger partial charge in [0.1, 0.15) is 0 Å². The van der Waals surface area contributed by atoms with Crippen LogP contribution in [0, 0.1) is 0 Å². The Balaban J connectivity index is 1.25. The zero-order valence-electron chi connectivity index (χ0n) is 32.8. The van der Waals surface area contributed by atoms with Crippen molar-refractivity contribution in [3.05, 3.63) is 236 Å². The number of fused-ring (bicyclic) bond motifs is 3. The third-order valence-electron chi connectivity index (χ3n) is 11.9. The average molecular weight is 742 g/mol. The van der Waals surface area contributed by atoms with E-state index < -0.39 is 0 Å². The first-order valence-electron chi connectivity index (χ1n) is 20.2. The van der Waals surface area contributed by atoms with Gasteiger partial charge in [0.05, 0.1) is 5.69 Å². The van der Waals surface area contributed by atoms with Crippen molar-refractivity contribution in [3.8, 4) is 66.8 Å². The Kier molecular flexibility index (Phi) is 8.92. The number of anilines is 3. The number of hydrogen-bond donors (Lipinski definition) is 0. The summed E-state index contributed by atoms with van der Waals surface area (Å²) in [5.41, 5.74) is 20.5. The van der Waals surface area contributed by atoms with Crippen LogP contribution in [0.5, 0.6) is 0 Å². The van der Waals surface area contributed by atoms with Gasteiger partial charge in [0.15, 0.2) is 0 Å². The Labute approximate surface area is 342 Å². The van der Waals surface area contributed by atoms with E-state index in [0.717, 1.165) is 17.1 Å². The predicted molar refractivity (Wildman–Crippen MR) is 246 cm³/mol. The molecule has 0 aliphatic heterocycles. The molecule has 0 N–H and O–H groups in total. The van der Waals surface area contributed by atoms with E-state index in [4.69, 9.17) is 0 Å². The van der Waals surface area contributed by atoms with E-state index in [1.165, 1.54) is 77.9 Å². The molecule has 0 radical (unpaired) electrons. The van der Waals surface area contributed by atoms with Crippen molar-refractivity contribution in [2.45, 2.75) is 19.3 Å². The number of rotatable bonds is 8. The maximum atomic E-state index is 2.50. The van der Waals surface area contributed by atoms with Crippen molar-refractivity contribution in [1.82, 2.24) is 0 Å². The van der Waals surface area contributed by atoms with Crippen LogP contribution >= 0.6 is 0 Å². The summed E-state index contributed by atoms with van der Waals surface area (Å²) in [6.07, 6.45) is 0. The summed E-state index contributed by atoms with van der Waals surface area (Å²) in [6, 6.07) is 81.8. The smallest absolute Gasteiger partial charge is 0.0543 e. The molecular weight excluding hydrogens is 699 g/mol. The first-order chi connectivity index (χ1) is 28.5. The lowest BCUT2D eigenvalue weighted by atomic mass is 9.81. The molecule has 276 valence electrons. The molecule has 9 aromatic rings. The minimum Gasteiger partial charge on any atom is -0.310 e. The molecule has 0 bridgehead atoms. The fraction of sp³-hybridized carbons (Fsp3) is 0.0526. The number of benzene rings is 9. The second kappa shape index (κ2) is 14.7. The van der Waals surface area contributed by atoms with Crippen molar-refractivity contribution in [2.24, 2.45) is 0 Å². The topological polar surface area (TPSA) is 3.24 Å². The number of nitrogens with zero attached hydrogens (tertiary/aromatic N) is 1.